The number of carboxylic acids is 1. The second-order valence-electron chi connectivity index (χ2n) is 9.03. The van der Waals surface area contributed by atoms with Crippen LogP contribution in [0.15, 0.2) is 48.5 Å². The van der Waals surface area contributed by atoms with E-state index in [4.69, 9.17) is 4.74 Å². The lowest BCUT2D eigenvalue weighted by Gasteiger charge is -2.23. The number of aliphatic carboxylic acids is 1. The minimum absolute atomic E-state index is 0.0367. The zero-order valence-electron chi connectivity index (χ0n) is 19.3. The minimum Gasteiger partial charge on any atom is -0.481 e. The van der Waals surface area contributed by atoms with Gasteiger partial charge in [-0.1, -0.05) is 61.4 Å². The maximum atomic E-state index is 12.2. The monoisotopic (exact) mass is 479 g/mol. The van der Waals surface area contributed by atoms with E-state index in [1.54, 1.807) is 0 Å². The first-order valence-electron chi connectivity index (χ1n) is 11.8. The Kier molecular flexibility index (Phi) is 7.33. The highest BCUT2D eigenvalue weighted by Crippen LogP contribution is 2.44. The number of ether oxygens (including phenoxy) is 1. The fraction of sp³-hybridized carbons (Fsp3) is 0.385. The van der Waals surface area contributed by atoms with Crippen molar-refractivity contribution in [3.8, 4) is 11.1 Å². The fourth-order valence-corrected chi connectivity index (χ4v) is 4.89. The van der Waals surface area contributed by atoms with E-state index in [1.165, 1.54) is 0 Å². The summed E-state index contributed by atoms with van der Waals surface area (Å²) in [5.41, 5.74) is 3.50. The van der Waals surface area contributed by atoms with Crippen LogP contribution in [-0.4, -0.2) is 55.2 Å². The number of carbonyl (C=O) groups is 4. The van der Waals surface area contributed by atoms with Gasteiger partial charge >= 0.3 is 12.1 Å². The molecule has 4 rings (SSSR count). The molecule has 9 nitrogen and oxygen atoms in total. The van der Waals surface area contributed by atoms with Crippen LogP contribution in [0.25, 0.3) is 11.1 Å². The standard InChI is InChI=1S/C26H29N3O6/c30-22(27-13-23(31)29-16-26(24(32)33)11-5-6-12-26)14-28-25(34)35-15-21-19-9-3-1-7-17(19)18-8-2-4-10-20(18)21/h1-4,7-10,21H,5-6,11-16H2,(H,27,30)(H,28,34)(H,29,31)(H,32,33). The topological polar surface area (TPSA) is 134 Å². The van der Waals surface area contributed by atoms with E-state index in [9.17, 15) is 24.3 Å². The number of carboxylic acid groups (broad SMARTS) is 1. The molecule has 1 fully saturated rings. The Morgan fingerprint density at radius 3 is 1.97 bits per heavy atom. The summed E-state index contributed by atoms with van der Waals surface area (Å²) >= 11 is 0. The normalized spacial score (nSPS) is 15.5. The number of carbonyl (C=O) groups excluding carboxylic acids is 3. The summed E-state index contributed by atoms with van der Waals surface area (Å²) in [7, 11) is 0. The lowest BCUT2D eigenvalue weighted by Crippen LogP contribution is -2.46. The van der Waals surface area contributed by atoms with Gasteiger partial charge in [0.1, 0.15) is 13.2 Å². The van der Waals surface area contributed by atoms with E-state index in [-0.39, 0.29) is 32.2 Å². The molecule has 0 unspecified atom stereocenters. The van der Waals surface area contributed by atoms with Crippen LogP contribution in [0.4, 0.5) is 4.79 Å². The average molecular weight is 480 g/mol. The van der Waals surface area contributed by atoms with E-state index < -0.39 is 29.3 Å². The maximum absolute atomic E-state index is 12.2. The summed E-state index contributed by atoms with van der Waals surface area (Å²) < 4.78 is 5.38. The molecule has 0 spiro atoms. The summed E-state index contributed by atoms with van der Waals surface area (Å²) in [5, 5.41) is 16.8. The van der Waals surface area contributed by atoms with Gasteiger partial charge in [-0.05, 0) is 35.1 Å². The van der Waals surface area contributed by atoms with Gasteiger partial charge in [0.05, 0.1) is 12.0 Å². The highest BCUT2D eigenvalue weighted by molar-refractivity contribution is 5.87. The SMILES string of the molecule is O=C(CNC(=O)CNC(=O)OCC1c2ccccc2-c2ccccc21)NCC1(C(=O)O)CCCC1. The number of amides is 3. The van der Waals surface area contributed by atoms with Gasteiger partial charge in [0.25, 0.3) is 0 Å². The van der Waals surface area contributed by atoms with Gasteiger partial charge in [0.15, 0.2) is 0 Å². The Hall–Kier alpha value is -3.88. The highest BCUT2D eigenvalue weighted by atomic mass is 16.5. The van der Waals surface area contributed by atoms with E-state index in [2.05, 4.69) is 16.0 Å². The van der Waals surface area contributed by atoms with Crippen LogP contribution in [0.1, 0.15) is 42.7 Å². The third-order valence-corrected chi connectivity index (χ3v) is 6.82. The summed E-state index contributed by atoms with van der Waals surface area (Å²) in [6.45, 7) is -0.478. The summed E-state index contributed by atoms with van der Waals surface area (Å²) in [6.07, 6.45) is 1.97. The Morgan fingerprint density at radius 2 is 1.37 bits per heavy atom. The van der Waals surface area contributed by atoms with Crippen LogP contribution in [0.2, 0.25) is 0 Å². The molecule has 3 amide bonds. The Balaban J connectivity index is 1.18. The predicted octanol–water partition coefficient (Wildman–Crippen LogP) is 2.40. The number of nitrogens with one attached hydrogen (secondary N) is 3. The van der Waals surface area contributed by atoms with Crippen molar-refractivity contribution in [2.45, 2.75) is 31.6 Å². The number of fused-ring (bicyclic) bond motifs is 3. The third-order valence-electron chi connectivity index (χ3n) is 6.82. The quantitative estimate of drug-likeness (QED) is 0.436. The fourth-order valence-electron chi connectivity index (χ4n) is 4.89. The molecule has 35 heavy (non-hydrogen) atoms. The molecule has 0 radical (unpaired) electrons. The molecule has 4 N–H and O–H groups in total. The lowest BCUT2D eigenvalue weighted by molar-refractivity contribution is -0.148. The molecule has 0 aromatic heterocycles. The molecule has 2 aromatic carbocycles. The number of rotatable bonds is 9. The van der Waals surface area contributed by atoms with Crippen LogP contribution in [0.3, 0.4) is 0 Å². The second kappa shape index (κ2) is 10.6. The number of hydrogen-bond donors (Lipinski definition) is 4. The molecule has 2 aromatic rings. The molecular weight excluding hydrogens is 450 g/mol. The molecule has 2 aliphatic rings. The molecule has 184 valence electrons. The van der Waals surface area contributed by atoms with Gasteiger partial charge in [0.2, 0.25) is 11.8 Å². The minimum atomic E-state index is -0.925. The first-order chi connectivity index (χ1) is 16.9. The molecule has 0 heterocycles. The molecule has 0 aliphatic heterocycles. The first-order valence-corrected chi connectivity index (χ1v) is 11.8. The molecule has 0 bridgehead atoms. The summed E-state index contributed by atoms with van der Waals surface area (Å²) in [5.74, 6) is -2.03. The molecule has 9 heteroatoms. The predicted molar refractivity (Wildman–Crippen MR) is 128 cm³/mol. The van der Waals surface area contributed by atoms with Crippen LogP contribution in [0.5, 0.6) is 0 Å². The number of benzene rings is 2. The van der Waals surface area contributed by atoms with E-state index >= 15 is 0 Å². The van der Waals surface area contributed by atoms with Gasteiger partial charge in [-0.2, -0.15) is 0 Å². The largest absolute Gasteiger partial charge is 0.481 e. The Labute approximate surface area is 203 Å². The Morgan fingerprint density at radius 1 is 0.829 bits per heavy atom. The molecular formula is C26H29N3O6. The van der Waals surface area contributed by atoms with Crippen molar-refractivity contribution in [1.82, 2.24) is 16.0 Å². The van der Waals surface area contributed by atoms with Crippen molar-refractivity contribution in [1.29, 1.82) is 0 Å². The molecule has 0 atom stereocenters. The van der Waals surface area contributed by atoms with Crippen molar-refractivity contribution >= 4 is 23.9 Å². The van der Waals surface area contributed by atoms with E-state index in [1.807, 2.05) is 48.5 Å². The Bertz CT molecular complexity index is 1080. The van der Waals surface area contributed by atoms with Crippen molar-refractivity contribution in [2.24, 2.45) is 5.41 Å². The van der Waals surface area contributed by atoms with Crippen LogP contribution in [-0.2, 0) is 19.1 Å². The van der Waals surface area contributed by atoms with Crippen LogP contribution in [0, 0.1) is 5.41 Å². The van der Waals surface area contributed by atoms with Gasteiger partial charge in [0, 0.05) is 12.5 Å². The molecule has 2 aliphatic carbocycles. The lowest BCUT2D eigenvalue weighted by atomic mass is 9.86. The second-order valence-corrected chi connectivity index (χ2v) is 9.03. The summed E-state index contributed by atoms with van der Waals surface area (Å²) in [4.78, 5) is 47.7. The zero-order valence-corrected chi connectivity index (χ0v) is 19.3. The van der Waals surface area contributed by atoms with Crippen molar-refractivity contribution in [3.63, 3.8) is 0 Å². The van der Waals surface area contributed by atoms with Gasteiger partial charge in [-0.3, -0.25) is 14.4 Å². The van der Waals surface area contributed by atoms with Gasteiger partial charge in [-0.25, -0.2) is 4.79 Å². The highest BCUT2D eigenvalue weighted by Gasteiger charge is 2.41. The maximum Gasteiger partial charge on any atom is 0.407 e. The first kappa shape index (κ1) is 24.3. The molecule has 0 saturated heterocycles. The third kappa shape index (κ3) is 5.45. The van der Waals surface area contributed by atoms with Gasteiger partial charge in [-0.15, -0.1) is 0 Å². The number of alkyl carbamates (subject to hydrolysis) is 1. The van der Waals surface area contributed by atoms with Crippen LogP contribution < -0.4 is 16.0 Å². The molecule has 1 saturated carbocycles. The van der Waals surface area contributed by atoms with E-state index in [0.29, 0.717) is 12.8 Å². The summed E-state index contributed by atoms with van der Waals surface area (Å²) in [6, 6.07) is 16.0. The average Bonchev–Trinajstić information content (AvgIpc) is 3.48. The van der Waals surface area contributed by atoms with Crippen molar-refractivity contribution in [2.75, 3.05) is 26.2 Å². The smallest absolute Gasteiger partial charge is 0.407 e. The number of hydrogen-bond acceptors (Lipinski definition) is 5. The zero-order chi connectivity index (χ0) is 24.8. The van der Waals surface area contributed by atoms with Crippen molar-refractivity contribution in [3.05, 3.63) is 59.7 Å². The van der Waals surface area contributed by atoms with Crippen LogP contribution >= 0.6 is 0 Å². The van der Waals surface area contributed by atoms with Gasteiger partial charge < -0.3 is 25.8 Å². The van der Waals surface area contributed by atoms with E-state index in [0.717, 1.165) is 35.1 Å². The van der Waals surface area contributed by atoms with Crippen molar-refractivity contribution < 1.29 is 29.0 Å².